The van der Waals surface area contributed by atoms with Gasteiger partial charge in [0, 0.05) is 24.9 Å². The van der Waals surface area contributed by atoms with Crippen molar-refractivity contribution in [3.8, 4) is 28.4 Å². The number of carbonyl (C=O) groups excluding carboxylic acids is 3. The molecule has 0 spiro atoms. The molecule has 13 heteroatoms. The van der Waals surface area contributed by atoms with Crippen molar-refractivity contribution in [1.82, 2.24) is 15.6 Å². The van der Waals surface area contributed by atoms with E-state index in [-0.39, 0.29) is 41.2 Å². The first-order valence-electron chi connectivity index (χ1n) is 15.0. The summed E-state index contributed by atoms with van der Waals surface area (Å²) in [6.07, 6.45) is 1.86. The highest BCUT2D eigenvalue weighted by Gasteiger charge is 2.30. The Kier molecular flexibility index (Phi) is 11.2. The van der Waals surface area contributed by atoms with Gasteiger partial charge in [0.2, 0.25) is 28.9 Å². The van der Waals surface area contributed by atoms with Crippen molar-refractivity contribution in [2.24, 2.45) is 5.92 Å². The highest BCUT2D eigenvalue weighted by molar-refractivity contribution is 7.14. The molecule has 3 aromatic rings. The maximum atomic E-state index is 13.9. The predicted octanol–water partition coefficient (Wildman–Crippen LogP) is 4.07. The summed E-state index contributed by atoms with van der Waals surface area (Å²) < 4.78 is 17.1. The standard InChI is InChI=1S/C33H41N5O7S/c1-8-17(2)29(32(42)38-33-36-20(16-46-33)14-27(41)34-4)37-24-12-10-21-22(15-25(24)40)23(35-18(3)39)11-9-19-13-26(43-5)30(44-6)31(45-7)28(19)21/h10,12-13,15-17,23,29H,8-9,11,14H2,1-7H3,(H,34,41)(H,35,39)(H,37,40)(H,36,38,42). The molecule has 0 aliphatic heterocycles. The van der Waals surface area contributed by atoms with Crippen LogP contribution in [0.4, 0.5) is 10.8 Å². The van der Waals surface area contributed by atoms with Crippen molar-refractivity contribution in [3.63, 3.8) is 0 Å². The van der Waals surface area contributed by atoms with Crippen LogP contribution in [0.25, 0.3) is 11.1 Å². The lowest BCUT2D eigenvalue weighted by molar-refractivity contribution is -0.120. The van der Waals surface area contributed by atoms with Crippen molar-refractivity contribution in [3.05, 3.63) is 56.7 Å². The molecule has 1 heterocycles. The number of amides is 3. The van der Waals surface area contributed by atoms with Crippen LogP contribution in [0.2, 0.25) is 0 Å². The van der Waals surface area contributed by atoms with Gasteiger partial charge in [-0.3, -0.25) is 19.2 Å². The Morgan fingerprint density at radius 3 is 2.46 bits per heavy atom. The number of benzene rings is 1. The molecule has 0 fully saturated rings. The third kappa shape index (κ3) is 7.41. The van der Waals surface area contributed by atoms with E-state index in [4.69, 9.17) is 14.2 Å². The highest BCUT2D eigenvalue weighted by Crippen LogP contribution is 2.50. The average Bonchev–Trinajstić information content (AvgIpc) is 3.34. The monoisotopic (exact) mass is 651 g/mol. The highest BCUT2D eigenvalue weighted by atomic mass is 32.1. The Labute approximate surface area is 272 Å². The first kappa shape index (κ1) is 34.2. The summed E-state index contributed by atoms with van der Waals surface area (Å²) in [4.78, 5) is 55.8. The van der Waals surface area contributed by atoms with E-state index in [1.54, 1.807) is 32.7 Å². The van der Waals surface area contributed by atoms with Crippen LogP contribution < -0.4 is 40.9 Å². The minimum atomic E-state index is -0.775. The van der Waals surface area contributed by atoms with Gasteiger partial charge in [-0.1, -0.05) is 26.3 Å². The van der Waals surface area contributed by atoms with Crippen LogP contribution in [0.15, 0.2) is 34.4 Å². The second-order valence-electron chi connectivity index (χ2n) is 11.1. The summed E-state index contributed by atoms with van der Waals surface area (Å²) in [5, 5.41) is 13.7. The van der Waals surface area contributed by atoms with Crippen LogP contribution >= 0.6 is 11.3 Å². The van der Waals surface area contributed by atoms with E-state index in [0.717, 1.165) is 11.1 Å². The Morgan fingerprint density at radius 1 is 1.09 bits per heavy atom. The molecule has 4 rings (SSSR count). The number of rotatable bonds is 12. The number of carbonyl (C=O) groups is 3. The number of aromatic nitrogens is 1. The molecule has 4 N–H and O–H groups in total. The van der Waals surface area contributed by atoms with Crippen LogP contribution in [0.5, 0.6) is 17.2 Å². The molecular weight excluding hydrogens is 610 g/mol. The van der Waals surface area contributed by atoms with E-state index in [1.165, 1.54) is 31.4 Å². The predicted molar refractivity (Wildman–Crippen MR) is 178 cm³/mol. The van der Waals surface area contributed by atoms with Crippen LogP contribution in [-0.2, 0) is 27.2 Å². The minimum absolute atomic E-state index is 0.104. The number of fused-ring (bicyclic) bond motifs is 3. The quantitative estimate of drug-likeness (QED) is 0.227. The molecule has 1 aliphatic carbocycles. The lowest BCUT2D eigenvalue weighted by atomic mass is 9.95. The number of hydrogen-bond donors (Lipinski definition) is 4. The first-order valence-corrected chi connectivity index (χ1v) is 15.9. The summed E-state index contributed by atoms with van der Waals surface area (Å²) in [6, 6.07) is 5.64. The number of nitrogens with zero attached hydrogens (tertiary/aromatic N) is 1. The van der Waals surface area contributed by atoms with Gasteiger partial charge >= 0.3 is 0 Å². The van der Waals surface area contributed by atoms with Gasteiger partial charge in [-0.05, 0) is 53.6 Å². The average molecular weight is 652 g/mol. The number of ether oxygens (including phenoxy) is 3. The Bertz CT molecular complexity index is 1670. The van der Waals surface area contributed by atoms with Crippen LogP contribution in [0, 0.1) is 5.92 Å². The third-order valence-electron chi connectivity index (χ3n) is 8.12. The Balaban J connectivity index is 1.79. The summed E-state index contributed by atoms with van der Waals surface area (Å²) in [5.74, 6) is 0.447. The topological polar surface area (TPSA) is 157 Å². The van der Waals surface area contributed by atoms with E-state index < -0.39 is 12.1 Å². The number of likely N-dealkylation sites (N-methyl/N-ethyl adjacent to an activating group) is 1. The molecule has 3 unspecified atom stereocenters. The molecule has 2 aromatic carbocycles. The maximum absolute atomic E-state index is 13.9. The molecule has 0 bridgehead atoms. The van der Waals surface area contributed by atoms with Gasteiger partial charge in [0.15, 0.2) is 16.6 Å². The minimum Gasteiger partial charge on any atom is -0.493 e. The van der Waals surface area contributed by atoms with Crippen molar-refractivity contribution in [2.75, 3.05) is 39.0 Å². The molecule has 3 atom stereocenters. The van der Waals surface area contributed by atoms with E-state index in [0.29, 0.717) is 58.5 Å². The SMILES string of the molecule is CCC(C)C(Nc1ccc2c(cc1=O)C(NC(C)=O)CCc1cc(OC)c(OC)c(OC)c1-2)C(=O)Nc1nc(CC(=O)NC)cs1. The second kappa shape index (κ2) is 15.1. The number of methoxy groups -OCH3 is 3. The normalized spacial score (nSPS) is 14.8. The van der Waals surface area contributed by atoms with Crippen molar-refractivity contribution in [1.29, 1.82) is 0 Å². The molecule has 1 aliphatic rings. The summed E-state index contributed by atoms with van der Waals surface area (Å²) in [6.45, 7) is 5.33. The zero-order chi connectivity index (χ0) is 33.5. The van der Waals surface area contributed by atoms with Gasteiger partial charge in [-0.15, -0.1) is 11.3 Å². The molecule has 0 radical (unpaired) electrons. The van der Waals surface area contributed by atoms with Crippen molar-refractivity contribution < 1.29 is 28.6 Å². The van der Waals surface area contributed by atoms with Gasteiger partial charge < -0.3 is 35.5 Å². The molecule has 0 saturated carbocycles. The van der Waals surface area contributed by atoms with E-state index in [9.17, 15) is 19.2 Å². The fraction of sp³-hybridized carbons (Fsp3) is 0.424. The van der Waals surface area contributed by atoms with Gasteiger partial charge in [-0.2, -0.15) is 0 Å². The summed E-state index contributed by atoms with van der Waals surface area (Å²) >= 11 is 1.22. The number of aryl methyl sites for hydroxylation is 1. The molecular formula is C33H41N5O7S. The molecule has 3 amide bonds. The number of hydrogen-bond acceptors (Lipinski definition) is 10. The zero-order valence-corrected chi connectivity index (χ0v) is 28.0. The van der Waals surface area contributed by atoms with E-state index in [1.807, 2.05) is 26.0 Å². The fourth-order valence-corrected chi connectivity index (χ4v) is 6.29. The molecule has 46 heavy (non-hydrogen) atoms. The second-order valence-corrected chi connectivity index (χ2v) is 11.9. The number of anilines is 2. The van der Waals surface area contributed by atoms with Crippen LogP contribution in [0.1, 0.15) is 56.5 Å². The van der Waals surface area contributed by atoms with Crippen LogP contribution in [-0.4, -0.2) is 57.1 Å². The lowest BCUT2D eigenvalue weighted by Crippen LogP contribution is -2.40. The van der Waals surface area contributed by atoms with Gasteiger partial charge in [0.25, 0.3) is 0 Å². The summed E-state index contributed by atoms with van der Waals surface area (Å²) in [7, 11) is 6.18. The number of nitrogens with one attached hydrogen (secondary N) is 4. The Morgan fingerprint density at radius 2 is 1.83 bits per heavy atom. The van der Waals surface area contributed by atoms with Gasteiger partial charge in [0.05, 0.1) is 45.2 Å². The number of thiazole rings is 1. The largest absolute Gasteiger partial charge is 0.493 e. The van der Waals surface area contributed by atoms with E-state index >= 15 is 0 Å². The molecule has 1 aromatic heterocycles. The van der Waals surface area contributed by atoms with Crippen molar-refractivity contribution >= 4 is 39.9 Å². The van der Waals surface area contributed by atoms with Crippen LogP contribution in [0.3, 0.4) is 0 Å². The third-order valence-corrected chi connectivity index (χ3v) is 8.93. The van der Waals surface area contributed by atoms with Crippen molar-refractivity contribution in [2.45, 2.75) is 58.5 Å². The Hall–Kier alpha value is -4.65. The fourth-order valence-electron chi connectivity index (χ4n) is 5.58. The zero-order valence-electron chi connectivity index (χ0n) is 27.2. The van der Waals surface area contributed by atoms with Gasteiger partial charge in [-0.25, -0.2) is 4.98 Å². The smallest absolute Gasteiger partial charge is 0.248 e. The van der Waals surface area contributed by atoms with E-state index in [2.05, 4.69) is 26.3 Å². The maximum Gasteiger partial charge on any atom is 0.248 e. The van der Waals surface area contributed by atoms with Gasteiger partial charge in [0.1, 0.15) is 6.04 Å². The molecule has 246 valence electrons. The lowest BCUT2D eigenvalue weighted by Gasteiger charge is -2.23. The summed E-state index contributed by atoms with van der Waals surface area (Å²) in [5.41, 5.74) is 3.37. The molecule has 12 nitrogen and oxygen atoms in total. The first-order chi connectivity index (χ1) is 22.0. The molecule has 0 saturated heterocycles.